The van der Waals surface area contributed by atoms with Crippen molar-refractivity contribution >= 4 is 45.6 Å². The zero-order chi connectivity index (χ0) is 25.2. The van der Waals surface area contributed by atoms with Gasteiger partial charge in [0.05, 0.1) is 25.3 Å². The van der Waals surface area contributed by atoms with Gasteiger partial charge in [-0.2, -0.15) is 0 Å². The van der Waals surface area contributed by atoms with Crippen LogP contribution in [0.25, 0.3) is 0 Å². The lowest BCUT2D eigenvalue weighted by atomic mass is 10.0. The number of amides is 2. The lowest BCUT2D eigenvalue weighted by molar-refractivity contribution is 0.0733. The highest BCUT2D eigenvalue weighted by atomic mass is 32.1. The van der Waals surface area contributed by atoms with E-state index >= 15 is 0 Å². The second-order valence-electron chi connectivity index (χ2n) is 8.14. The molecule has 1 aromatic carbocycles. The number of anilines is 1. The SMILES string of the molecule is CCOC(=O)N1CCc2c(sc3c2C(=O)N[C@H](c2ccc(OC(=O)c4cccs4)c(OCC)c2)N3)C1. The first-order valence-corrected chi connectivity index (χ1v) is 13.3. The van der Waals surface area contributed by atoms with Crippen LogP contribution in [0.5, 0.6) is 11.5 Å². The fourth-order valence-corrected chi connectivity index (χ4v) is 6.14. The average molecular weight is 528 g/mol. The minimum absolute atomic E-state index is 0.165. The maximum atomic E-state index is 13.1. The second-order valence-corrected chi connectivity index (χ2v) is 10.2. The van der Waals surface area contributed by atoms with Crippen LogP contribution in [0.2, 0.25) is 0 Å². The third-order valence-corrected chi connectivity index (χ3v) is 7.88. The van der Waals surface area contributed by atoms with Crippen LogP contribution in [-0.4, -0.2) is 42.6 Å². The Morgan fingerprint density at radius 1 is 1.14 bits per heavy atom. The van der Waals surface area contributed by atoms with Crippen LogP contribution in [0.4, 0.5) is 9.80 Å². The highest BCUT2D eigenvalue weighted by Gasteiger charge is 2.34. The molecule has 0 saturated heterocycles. The Labute approximate surface area is 216 Å². The number of carbonyl (C=O) groups excluding carboxylic acids is 3. The Bertz CT molecular complexity index is 1300. The fourth-order valence-electron chi connectivity index (χ4n) is 4.25. The summed E-state index contributed by atoms with van der Waals surface area (Å²) in [6.45, 7) is 5.27. The van der Waals surface area contributed by atoms with E-state index in [1.807, 2.05) is 12.3 Å². The summed E-state index contributed by atoms with van der Waals surface area (Å²) in [7, 11) is 0. The number of nitrogens with zero attached hydrogens (tertiary/aromatic N) is 1. The molecule has 2 amide bonds. The minimum atomic E-state index is -0.493. The summed E-state index contributed by atoms with van der Waals surface area (Å²) < 4.78 is 16.4. The third kappa shape index (κ3) is 4.63. The molecule has 0 radical (unpaired) electrons. The van der Waals surface area contributed by atoms with E-state index in [1.54, 1.807) is 42.2 Å². The van der Waals surface area contributed by atoms with Crippen LogP contribution in [0.15, 0.2) is 35.7 Å². The van der Waals surface area contributed by atoms with Gasteiger partial charge in [0.25, 0.3) is 5.91 Å². The Morgan fingerprint density at radius 3 is 2.75 bits per heavy atom. The second kappa shape index (κ2) is 10.2. The van der Waals surface area contributed by atoms with Gasteiger partial charge in [0.2, 0.25) is 0 Å². The lowest BCUT2D eigenvalue weighted by Gasteiger charge is -2.28. The van der Waals surface area contributed by atoms with Crippen LogP contribution >= 0.6 is 22.7 Å². The van der Waals surface area contributed by atoms with Crippen molar-refractivity contribution in [1.29, 1.82) is 0 Å². The zero-order valence-corrected chi connectivity index (χ0v) is 21.4. The number of thiophene rings is 2. The Hall–Kier alpha value is -3.57. The lowest BCUT2D eigenvalue weighted by Crippen LogP contribution is -2.39. The highest BCUT2D eigenvalue weighted by Crippen LogP contribution is 2.41. The summed E-state index contributed by atoms with van der Waals surface area (Å²) in [6.07, 6.45) is -0.237. The Kier molecular flexibility index (Phi) is 6.84. The molecular weight excluding hydrogens is 502 g/mol. The maximum absolute atomic E-state index is 13.1. The number of carbonyl (C=O) groups is 3. The molecule has 5 rings (SSSR count). The van der Waals surface area contributed by atoms with Crippen LogP contribution in [0.1, 0.15) is 56.0 Å². The molecule has 0 aliphatic carbocycles. The number of hydrogen-bond acceptors (Lipinski definition) is 9. The largest absolute Gasteiger partial charge is 0.490 e. The molecule has 0 fully saturated rings. The first-order valence-electron chi connectivity index (χ1n) is 11.6. The predicted octanol–water partition coefficient (Wildman–Crippen LogP) is 4.80. The van der Waals surface area contributed by atoms with Gasteiger partial charge in [0.1, 0.15) is 16.0 Å². The molecule has 0 unspecified atom stereocenters. The van der Waals surface area contributed by atoms with Crippen LogP contribution in [0, 0.1) is 0 Å². The number of rotatable bonds is 6. The van der Waals surface area contributed by atoms with Crippen molar-refractivity contribution in [3.05, 3.63) is 62.2 Å². The topological polar surface area (TPSA) is 106 Å². The summed E-state index contributed by atoms with van der Waals surface area (Å²) >= 11 is 2.79. The molecular formula is C25H25N3O6S2. The van der Waals surface area contributed by atoms with Gasteiger partial charge in [0.15, 0.2) is 11.5 Å². The highest BCUT2D eigenvalue weighted by molar-refractivity contribution is 7.16. The molecule has 9 nitrogen and oxygen atoms in total. The van der Waals surface area contributed by atoms with Crippen molar-refractivity contribution < 1.29 is 28.6 Å². The van der Waals surface area contributed by atoms with Gasteiger partial charge in [-0.25, -0.2) is 9.59 Å². The fraction of sp³-hybridized carbons (Fsp3) is 0.320. The van der Waals surface area contributed by atoms with Crippen LogP contribution < -0.4 is 20.1 Å². The summed E-state index contributed by atoms with van der Waals surface area (Å²) in [6, 6.07) is 8.72. The van der Waals surface area contributed by atoms with Gasteiger partial charge in [-0.3, -0.25) is 4.79 Å². The summed E-state index contributed by atoms with van der Waals surface area (Å²) in [4.78, 5) is 40.9. The molecule has 0 saturated carbocycles. The monoisotopic (exact) mass is 527 g/mol. The van der Waals surface area contributed by atoms with E-state index in [0.29, 0.717) is 54.7 Å². The first kappa shape index (κ1) is 24.1. The molecule has 0 bridgehead atoms. The molecule has 11 heteroatoms. The van der Waals surface area contributed by atoms with Crippen LogP contribution in [0.3, 0.4) is 0 Å². The smallest absolute Gasteiger partial charge is 0.410 e. The summed E-state index contributed by atoms with van der Waals surface area (Å²) in [5.74, 6) is 0.111. The molecule has 2 aliphatic rings. The van der Waals surface area contributed by atoms with E-state index in [9.17, 15) is 14.4 Å². The number of benzene rings is 1. The van der Waals surface area contributed by atoms with Crippen molar-refractivity contribution in [1.82, 2.24) is 10.2 Å². The summed E-state index contributed by atoms with van der Waals surface area (Å²) in [5, 5.41) is 9.01. The molecule has 4 heterocycles. The zero-order valence-electron chi connectivity index (χ0n) is 19.8. The molecule has 36 heavy (non-hydrogen) atoms. The number of hydrogen-bond donors (Lipinski definition) is 2. The van der Waals surface area contributed by atoms with Gasteiger partial charge in [-0.1, -0.05) is 12.1 Å². The van der Waals surface area contributed by atoms with E-state index in [-0.39, 0.29) is 12.0 Å². The number of fused-ring (bicyclic) bond motifs is 3. The molecule has 0 spiro atoms. The van der Waals surface area contributed by atoms with Gasteiger partial charge in [0, 0.05) is 11.4 Å². The van der Waals surface area contributed by atoms with E-state index in [1.165, 1.54) is 22.7 Å². The van der Waals surface area contributed by atoms with Gasteiger partial charge in [-0.05, 0) is 55.0 Å². The van der Waals surface area contributed by atoms with E-state index < -0.39 is 12.1 Å². The minimum Gasteiger partial charge on any atom is -0.490 e. The van der Waals surface area contributed by atoms with Crippen LogP contribution in [-0.2, 0) is 17.7 Å². The number of nitrogens with one attached hydrogen (secondary N) is 2. The average Bonchev–Trinajstić information content (AvgIpc) is 3.53. The summed E-state index contributed by atoms with van der Waals surface area (Å²) in [5.41, 5.74) is 2.37. The first-order chi connectivity index (χ1) is 17.5. The van der Waals surface area contributed by atoms with E-state index in [4.69, 9.17) is 14.2 Å². The molecule has 3 aromatic rings. The number of ether oxygens (including phenoxy) is 3. The van der Waals surface area contributed by atoms with E-state index in [0.717, 1.165) is 21.0 Å². The quantitative estimate of drug-likeness (QED) is 0.350. The third-order valence-electron chi connectivity index (χ3n) is 5.89. The number of esters is 1. The van der Waals surface area contributed by atoms with Crippen molar-refractivity contribution in [2.24, 2.45) is 0 Å². The molecule has 2 N–H and O–H groups in total. The van der Waals surface area contributed by atoms with Crippen molar-refractivity contribution in [3.8, 4) is 11.5 Å². The molecule has 2 aromatic heterocycles. The standard InChI is InChI=1S/C25H25N3O6S2/c1-3-32-17-12-14(7-8-16(17)34-24(30)18-6-5-11-35-18)21-26-22(29)20-15-9-10-28(25(31)33-4-2)13-19(15)36-23(20)27-21/h5-8,11-12,21,27H,3-4,9-10,13H2,1-2H3,(H,26,29)/t21-/m0/s1. The van der Waals surface area contributed by atoms with Gasteiger partial charge >= 0.3 is 12.1 Å². The normalized spacial score (nSPS) is 16.3. The molecule has 2 aliphatic heterocycles. The Balaban J connectivity index is 1.37. The van der Waals surface area contributed by atoms with Crippen molar-refractivity contribution in [2.45, 2.75) is 33.0 Å². The predicted molar refractivity (Wildman–Crippen MR) is 136 cm³/mol. The Morgan fingerprint density at radius 2 is 2.00 bits per heavy atom. The molecule has 188 valence electrons. The van der Waals surface area contributed by atoms with Gasteiger partial charge in [-0.15, -0.1) is 22.7 Å². The van der Waals surface area contributed by atoms with Gasteiger partial charge < -0.3 is 29.7 Å². The van der Waals surface area contributed by atoms with E-state index in [2.05, 4.69) is 10.6 Å². The van der Waals surface area contributed by atoms with Crippen molar-refractivity contribution in [3.63, 3.8) is 0 Å². The van der Waals surface area contributed by atoms with Crippen molar-refractivity contribution in [2.75, 3.05) is 25.1 Å². The maximum Gasteiger partial charge on any atom is 0.410 e. The molecule has 1 atom stereocenters.